The number of hydrogen-bond acceptors (Lipinski definition) is 2. The van der Waals surface area contributed by atoms with E-state index in [1.807, 2.05) is 0 Å². The SMILES string of the molecule is CCCCNC(=O)C1CCCCC1.CN.[HH].[HH]. The van der Waals surface area contributed by atoms with Crippen molar-refractivity contribution in [3.63, 3.8) is 0 Å². The predicted octanol–water partition coefficient (Wildman–Crippen LogP) is 2.55. The largest absolute Gasteiger partial charge is 0.356 e. The molecule has 0 aromatic rings. The molecule has 3 nitrogen and oxygen atoms in total. The summed E-state index contributed by atoms with van der Waals surface area (Å²) in [4.78, 5) is 11.6. The maximum atomic E-state index is 11.6. The topological polar surface area (TPSA) is 55.1 Å². The highest BCUT2D eigenvalue weighted by Gasteiger charge is 2.19. The van der Waals surface area contributed by atoms with Crippen LogP contribution in [-0.2, 0) is 4.79 Å². The zero-order valence-electron chi connectivity index (χ0n) is 10.2. The Morgan fingerprint density at radius 3 is 2.47 bits per heavy atom. The summed E-state index contributed by atoms with van der Waals surface area (Å²) in [6.45, 7) is 3.01. The highest BCUT2D eigenvalue weighted by molar-refractivity contribution is 5.78. The first-order valence-corrected chi connectivity index (χ1v) is 6.20. The van der Waals surface area contributed by atoms with Crippen molar-refractivity contribution in [2.24, 2.45) is 11.7 Å². The van der Waals surface area contributed by atoms with E-state index in [9.17, 15) is 4.79 Å². The second-order valence-corrected chi connectivity index (χ2v) is 3.98. The van der Waals surface area contributed by atoms with E-state index in [0.29, 0.717) is 11.8 Å². The molecule has 0 atom stereocenters. The highest BCUT2D eigenvalue weighted by atomic mass is 16.1. The zero-order chi connectivity index (χ0) is 11.5. The van der Waals surface area contributed by atoms with E-state index in [2.05, 4.69) is 18.0 Å². The van der Waals surface area contributed by atoms with Gasteiger partial charge >= 0.3 is 0 Å². The average molecular weight is 218 g/mol. The molecule has 0 aromatic carbocycles. The molecule has 1 fully saturated rings. The molecule has 3 heteroatoms. The minimum atomic E-state index is 0. The zero-order valence-corrected chi connectivity index (χ0v) is 10.2. The number of nitrogens with one attached hydrogen (secondary N) is 1. The van der Waals surface area contributed by atoms with Gasteiger partial charge in [-0.3, -0.25) is 4.79 Å². The van der Waals surface area contributed by atoms with E-state index in [1.54, 1.807) is 0 Å². The molecule has 0 unspecified atom stereocenters. The summed E-state index contributed by atoms with van der Waals surface area (Å²) in [6.07, 6.45) is 8.29. The Balaban J connectivity index is -0.000000464. The van der Waals surface area contributed by atoms with Crippen molar-refractivity contribution in [3.8, 4) is 0 Å². The molecule has 0 aliphatic heterocycles. The van der Waals surface area contributed by atoms with Gasteiger partial charge in [-0.2, -0.15) is 0 Å². The van der Waals surface area contributed by atoms with E-state index in [4.69, 9.17) is 0 Å². The third kappa shape index (κ3) is 6.50. The van der Waals surface area contributed by atoms with Gasteiger partial charge in [-0.1, -0.05) is 32.6 Å². The van der Waals surface area contributed by atoms with Crippen molar-refractivity contribution >= 4 is 5.91 Å². The van der Waals surface area contributed by atoms with Gasteiger partial charge < -0.3 is 11.1 Å². The molecule has 1 amide bonds. The fraction of sp³-hybridized carbons (Fsp3) is 0.917. The van der Waals surface area contributed by atoms with Crippen molar-refractivity contribution in [2.45, 2.75) is 51.9 Å². The van der Waals surface area contributed by atoms with Crippen molar-refractivity contribution in [1.82, 2.24) is 5.32 Å². The summed E-state index contributed by atoms with van der Waals surface area (Å²) in [7, 11) is 1.50. The van der Waals surface area contributed by atoms with Gasteiger partial charge in [0.1, 0.15) is 0 Å². The molecule has 0 aromatic heterocycles. The van der Waals surface area contributed by atoms with E-state index in [0.717, 1.165) is 32.2 Å². The summed E-state index contributed by atoms with van der Waals surface area (Å²) in [5, 5.41) is 3.01. The summed E-state index contributed by atoms with van der Waals surface area (Å²) in [5.74, 6) is 0.624. The van der Waals surface area contributed by atoms with Gasteiger partial charge in [0, 0.05) is 15.3 Å². The lowest BCUT2D eigenvalue weighted by Crippen LogP contribution is -2.32. The number of unbranched alkanes of at least 4 members (excludes halogenated alkanes) is 1. The molecule has 3 N–H and O–H groups in total. The van der Waals surface area contributed by atoms with Gasteiger partial charge in [0.15, 0.2) is 0 Å². The quantitative estimate of drug-likeness (QED) is 0.712. The molecular formula is C12H30N2O. The van der Waals surface area contributed by atoms with E-state index in [-0.39, 0.29) is 2.85 Å². The monoisotopic (exact) mass is 218 g/mol. The number of hydrogen-bond donors (Lipinski definition) is 2. The Bertz CT molecular complexity index is 163. The van der Waals surface area contributed by atoms with Crippen LogP contribution in [0.1, 0.15) is 54.7 Å². The van der Waals surface area contributed by atoms with Crippen LogP contribution in [0.2, 0.25) is 0 Å². The van der Waals surface area contributed by atoms with Gasteiger partial charge in [-0.25, -0.2) is 0 Å². The summed E-state index contributed by atoms with van der Waals surface area (Å²) < 4.78 is 0. The number of nitrogens with two attached hydrogens (primary N) is 1. The molecule has 0 spiro atoms. The number of rotatable bonds is 4. The van der Waals surface area contributed by atoms with Gasteiger partial charge in [-0.05, 0) is 26.3 Å². The Labute approximate surface area is 96.8 Å². The van der Waals surface area contributed by atoms with Gasteiger partial charge in [0.05, 0.1) is 0 Å². The molecule has 94 valence electrons. The van der Waals surface area contributed by atoms with Gasteiger partial charge in [0.2, 0.25) is 5.91 Å². The highest BCUT2D eigenvalue weighted by Crippen LogP contribution is 2.23. The van der Waals surface area contributed by atoms with E-state index in [1.165, 1.54) is 26.3 Å². The third-order valence-corrected chi connectivity index (χ3v) is 2.81. The van der Waals surface area contributed by atoms with Crippen LogP contribution in [-0.4, -0.2) is 19.5 Å². The Hall–Kier alpha value is -0.570. The van der Waals surface area contributed by atoms with Crippen LogP contribution >= 0.6 is 0 Å². The molecule has 1 rings (SSSR count). The Kier molecular flexibility index (Phi) is 9.59. The standard InChI is InChI=1S/C11H21NO.CH5N.2H2/c1-2-3-9-12-11(13)10-7-5-4-6-8-10;1-2;;/h10H,2-9H2,1H3,(H,12,13);2H2,1H3;2*1H. The van der Waals surface area contributed by atoms with Crippen molar-refractivity contribution in [3.05, 3.63) is 0 Å². The smallest absolute Gasteiger partial charge is 0.223 e. The molecule has 0 heterocycles. The number of amides is 1. The average Bonchev–Trinajstić information content (AvgIpc) is 2.33. The lowest BCUT2D eigenvalue weighted by atomic mass is 9.89. The first kappa shape index (κ1) is 14.4. The lowest BCUT2D eigenvalue weighted by Gasteiger charge is -2.20. The predicted molar refractivity (Wildman–Crippen MR) is 68.8 cm³/mol. The normalized spacial score (nSPS) is 16.5. The molecule has 1 saturated carbocycles. The van der Waals surface area contributed by atoms with Crippen LogP contribution in [0.3, 0.4) is 0 Å². The number of carbonyl (C=O) groups excluding carboxylic acids is 1. The van der Waals surface area contributed by atoms with Crippen LogP contribution in [0, 0.1) is 5.92 Å². The van der Waals surface area contributed by atoms with Crippen LogP contribution < -0.4 is 11.1 Å². The van der Waals surface area contributed by atoms with Crippen molar-refractivity contribution in [2.75, 3.05) is 13.6 Å². The third-order valence-electron chi connectivity index (χ3n) is 2.81. The molecule has 15 heavy (non-hydrogen) atoms. The fourth-order valence-corrected chi connectivity index (χ4v) is 1.90. The van der Waals surface area contributed by atoms with Crippen LogP contribution in [0.5, 0.6) is 0 Å². The minimum Gasteiger partial charge on any atom is -0.356 e. The van der Waals surface area contributed by atoms with E-state index >= 15 is 0 Å². The van der Waals surface area contributed by atoms with Crippen LogP contribution in [0.4, 0.5) is 0 Å². The van der Waals surface area contributed by atoms with Gasteiger partial charge in [0.25, 0.3) is 0 Å². The molecule has 0 radical (unpaired) electrons. The van der Waals surface area contributed by atoms with Gasteiger partial charge in [-0.15, -0.1) is 0 Å². The summed E-state index contributed by atoms with van der Waals surface area (Å²) in [5.41, 5.74) is 4.50. The Morgan fingerprint density at radius 1 is 1.33 bits per heavy atom. The maximum absolute atomic E-state index is 11.6. The minimum absolute atomic E-state index is 0. The van der Waals surface area contributed by atoms with E-state index < -0.39 is 0 Å². The maximum Gasteiger partial charge on any atom is 0.223 e. The molecule has 0 saturated heterocycles. The molecule has 1 aliphatic rings. The fourth-order valence-electron chi connectivity index (χ4n) is 1.90. The first-order chi connectivity index (χ1) is 7.34. The number of carbonyl (C=O) groups is 1. The van der Waals surface area contributed by atoms with Crippen molar-refractivity contribution in [1.29, 1.82) is 0 Å². The van der Waals surface area contributed by atoms with Crippen LogP contribution in [0.25, 0.3) is 0 Å². The molecule has 0 bridgehead atoms. The molecule has 1 aliphatic carbocycles. The summed E-state index contributed by atoms with van der Waals surface area (Å²) >= 11 is 0. The second-order valence-electron chi connectivity index (χ2n) is 3.98. The Morgan fingerprint density at radius 2 is 1.93 bits per heavy atom. The molecular weight excluding hydrogens is 188 g/mol. The lowest BCUT2D eigenvalue weighted by molar-refractivity contribution is -0.125. The van der Waals surface area contributed by atoms with Crippen molar-refractivity contribution < 1.29 is 7.65 Å². The second kappa shape index (κ2) is 9.97. The van der Waals surface area contributed by atoms with Crippen LogP contribution in [0.15, 0.2) is 0 Å². The first-order valence-electron chi connectivity index (χ1n) is 6.20. The summed E-state index contributed by atoms with van der Waals surface area (Å²) in [6, 6.07) is 0.